The maximum absolute atomic E-state index is 14.7. The third-order valence-corrected chi connectivity index (χ3v) is 8.66. The fourth-order valence-corrected chi connectivity index (χ4v) is 6.32. The highest BCUT2D eigenvalue weighted by atomic mass is 16.7. The number of ether oxygens (including phenoxy) is 2. The van der Waals surface area contributed by atoms with Gasteiger partial charge in [0, 0.05) is 12.8 Å². The van der Waals surface area contributed by atoms with E-state index in [1.165, 1.54) is 6.08 Å². The molecule has 41 heavy (non-hydrogen) atoms. The second-order valence-corrected chi connectivity index (χ2v) is 12.4. The third kappa shape index (κ3) is 5.21. The molecule has 0 amide bonds. The molecule has 0 spiro atoms. The van der Waals surface area contributed by atoms with Crippen molar-refractivity contribution in [3.05, 3.63) is 64.2 Å². The van der Waals surface area contributed by atoms with Gasteiger partial charge in [0.15, 0.2) is 24.4 Å². The molecule has 2 aromatic rings. The quantitative estimate of drug-likeness (QED) is 0.150. The summed E-state index contributed by atoms with van der Waals surface area (Å²) in [5.41, 5.74) is 3.07. The first-order valence-electron chi connectivity index (χ1n) is 14.2. The number of allylic oxidation sites excluding steroid dienone is 1. The molecule has 218 valence electrons. The molecular formula is C33H40NO7+. The average Bonchev–Trinajstić information content (AvgIpc) is 3.17. The van der Waals surface area contributed by atoms with Gasteiger partial charge in [0.1, 0.15) is 22.3 Å². The predicted molar refractivity (Wildman–Crippen MR) is 151 cm³/mol. The van der Waals surface area contributed by atoms with Crippen molar-refractivity contribution in [1.29, 1.82) is 0 Å². The number of fused-ring (bicyclic) bond motifs is 3. The molecule has 4 atom stereocenters. The van der Waals surface area contributed by atoms with Crippen molar-refractivity contribution in [3.8, 4) is 5.75 Å². The van der Waals surface area contributed by atoms with Gasteiger partial charge in [-0.25, -0.2) is 9.32 Å². The van der Waals surface area contributed by atoms with Crippen molar-refractivity contribution in [2.75, 3.05) is 0 Å². The van der Waals surface area contributed by atoms with Gasteiger partial charge in [-0.2, -0.15) is 0 Å². The molecule has 8 nitrogen and oxygen atoms in total. The average molecular weight is 563 g/mol. The first-order valence-corrected chi connectivity index (χ1v) is 14.2. The molecule has 0 fully saturated rings. The van der Waals surface area contributed by atoms with Crippen molar-refractivity contribution in [1.82, 2.24) is 0 Å². The van der Waals surface area contributed by atoms with E-state index in [0.29, 0.717) is 36.3 Å². The molecule has 4 unspecified atom stereocenters. The molecule has 0 saturated heterocycles. The van der Waals surface area contributed by atoms with Crippen LogP contribution >= 0.6 is 0 Å². The lowest BCUT2D eigenvalue weighted by Gasteiger charge is -2.42. The van der Waals surface area contributed by atoms with Crippen molar-refractivity contribution >= 4 is 23.5 Å². The van der Waals surface area contributed by atoms with Crippen molar-refractivity contribution in [3.63, 3.8) is 0 Å². The summed E-state index contributed by atoms with van der Waals surface area (Å²) in [7, 11) is 1.73. The molecular weight excluding hydrogens is 522 g/mol. The minimum Gasteiger partial charge on any atom is -0.428 e. The number of hydrogen-bond donors (Lipinski definition) is 0. The van der Waals surface area contributed by atoms with E-state index >= 15 is 0 Å². The Hall–Kier alpha value is -3.77. The van der Waals surface area contributed by atoms with E-state index in [-0.39, 0.29) is 23.1 Å². The van der Waals surface area contributed by atoms with Crippen molar-refractivity contribution in [2.45, 2.75) is 85.7 Å². The molecule has 0 radical (unpaired) electrons. The summed E-state index contributed by atoms with van der Waals surface area (Å²) in [5, 5.41) is 0. The van der Waals surface area contributed by atoms with Crippen LogP contribution in [0.1, 0.15) is 104 Å². The van der Waals surface area contributed by atoms with Gasteiger partial charge in [-0.3, -0.25) is 14.4 Å². The minimum atomic E-state index is -1.70. The van der Waals surface area contributed by atoms with Gasteiger partial charge in [-0.1, -0.05) is 33.4 Å². The fourth-order valence-electron chi connectivity index (χ4n) is 6.32. The number of aryl methyl sites for hydroxylation is 2. The van der Waals surface area contributed by atoms with Gasteiger partial charge in [0.25, 0.3) is 0 Å². The van der Waals surface area contributed by atoms with E-state index in [1.807, 2.05) is 26.8 Å². The molecule has 4 rings (SSSR count). The molecule has 2 aliphatic carbocycles. The van der Waals surface area contributed by atoms with Gasteiger partial charge < -0.3 is 9.47 Å². The third-order valence-electron chi connectivity index (χ3n) is 8.66. The fraction of sp³-hybridized carbons (Fsp3) is 0.515. The van der Waals surface area contributed by atoms with Crippen LogP contribution in [-0.4, -0.2) is 29.1 Å². The predicted octanol–water partition coefficient (Wildman–Crippen LogP) is 5.96. The highest BCUT2D eigenvalue weighted by Crippen LogP contribution is 2.50. The van der Waals surface area contributed by atoms with E-state index in [1.54, 1.807) is 45.5 Å². The van der Waals surface area contributed by atoms with Crippen LogP contribution in [-0.2, 0) is 29.4 Å². The molecule has 1 aromatic heterocycles. The Morgan fingerprint density at radius 3 is 2.51 bits per heavy atom. The van der Waals surface area contributed by atoms with Crippen LogP contribution in [0.5, 0.6) is 5.75 Å². The Morgan fingerprint density at radius 1 is 1.22 bits per heavy atom. The molecule has 0 aliphatic heterocycles. The lowest BCUT2D eigenvalue weighted by Crippen LogP contribution is -2.50. The highest BCUT2D eigenvalue weighted by Gasteiger charge is 2.56. The topological polar surface area (TPSA) is 104 Å². The first-order chi connectivity index (χ1) is 19.2. The smallest absolute Gasteiger partial charge is 0.428 e. The zero-order valence-corrected chi connectivity index (χ0v) is 25.3. The maximum atomic E-state index is 14.7. The molecule has 0 saturated carbocycles. The zero-order valence-electron chi connectivity index (χ0n) is 25.3. The summed E-state index contributed by atoms with van der Waals surface area (Å²) in [6.45, 7) is 16.7. The summed E-state index contributed by atoms with van der Waals surface area (Å²) >= 11 is 0. The van der Waals surface area contributed by atoms with Gasteiger partial charge in [0.05, 0.1) is 12.0 Å². The van der Waals surface area contributed by atoms with Gasteiger partial charge >= 0.3 is 6.16 Å². The molecule has 1 heterocycles. The number of nitrogens with zero attached hydrogens (tertiary/aromatic N) is 1. The van der Waals surface area contributed by atoms with E-state index in [2.05, 4.69) is 12.3 Å². The van der Waals surface area contributed by atoms with Crippen molar-refractivity contribution in [2.24, 2.45) is 24.3 Å². The van der Waals surface area contributed by atoms with Crippen LogP contribution in [0, 0.1) is 24.2 Å². The number of hydrogen-bond acceptors (Lipinski definition) is 7. The van der Waals surface area contributed by atoms with Crippen LogP contribution in [0.3, 0.4) is 0 Å². The van der Waals surface area contributed by atoms with Crippen LogP contribution in [0.25, 0.3) is 0 Å². The molecule has 0 bridgehead atoms. The number of carbonyl (C=O) groups is 4. The largest absolute Gasteiger partial charge is 0.514 e. The Labute approximate surface area is 241 Å². The number of aromatic nitrogens is 1. The second kappa shape index (κ2) is 10.9. The summed E-state index contributed by atoms with van der Waals surface area (Å²) < 4.78 is 18.5. The lowest BCUT2D eigenvalue weighted by atomic mass is 9.57. The number of carbonyl (C=O) groups excluding carboxylic acids is 4. The Bertz CT molecular complexity index is 1480. The van der Waals surface area contributed by atoms with E-state index < -0.39 is 46.9 Å². The molecule has 2 aliphatic rings. The van der Waals surface area contributed by atoms with Crippen LogP contribution < -0.4 is 9.48 Å². The van der Waals surface area contributed by atoms with Crippen LogP contribution in [0.15, 0.2) is 35.0 Å². The molecule has 0 N–H and O–H groups in total. The maximum Gasteiger partial charge on any atom is 0.514 e. The SMILES string of the molecule is C=C=CC12C(=O)CC(=O)c3c(o[n+](C)c3C)C(C)C(C)CC1Cc1c(CC)ccc(OC(=O)OC(C)(C)C)c1C2=O. The lowest BCUT2D eigenvalue weighted by molar-refractivity contribution is -0.850. The van der Waals surface area contributed by atoms with Crippen LogP contribution in [0.2, 0.25) is 0 Å². The molecule has 1 aromatic carbocycles. The van der Waals surface area contributed by atoms with Gasteiger partial charge in [-0.15, -0.1) is 5.73 Å². The summed E-state index contributed by atoms with van der Waals surface area (Å²) in [4.78, 5) is 55.4. The normalized spacial score (nSPS) is 24.5. The first kappa shape index (κ1) is 30.2. The Kier molecular flexibility index (Phi) is 8.03. The standard InChI is InChI=1S/C33H40NO7/c1-10-14-33-22(15-18(3)19(4)29-27(20(5)34(9)41-29)24(35)17-26(33)36)16-23-21(11-2)12-13-25(28(23)30(33)37)39-31(38)40-32(6,7)8/h12-14,18-19,22H,1,11,15-17H2,2-9H3/q+1. The van der Waals surface area contributed by atoms with Crippen molar-refractivity contribution < 1.29 is 37.9 Å². The summed E-state index contributed by atoms with van der Waals surface area (Å²) in [6.07, 6.45) is 1.52. The number of Topliss-reactive ketones (excluding diaryl/α,β-unsaturated/α-hetero) is 3. The van der Waals surface area contributed by atoms with Gasteiger partial charge in [0.2, 0.25) is 11.5 Å². The number of rotatable bonds is 3. The van der Waals surface area contributed by atoms with E-state index in [9.17, 15) is 19.2 Å². The minimum absolute atomic E-state index is 0.0318. The summed E-state index contributed by atoms with van der Waals surface area (Å²) in [5.74, 6) is -1.49. The Morgan fingerprint density at radius 2 is 1.90 bits per heavy atom. The number of benzene rings is 1. The second-order valence-electron chi connectivity index (χ2n) is 12.4. The van der Waals surface area contributed by atoms with E-state index in [0.717, 1.165) is 11.1 Å². The van der Waals surface area contributed by atoms with E-state index in [4.69, 9.17) is 14.0 Å². The van der Waals surface area contributed by atoms with Gasteiger partial charge in [-0.05, 0) is 79.9 Å². The van der Waals surface area contributed by atoms with Crippen LogP contribution in [0.4, 0.5) is 4.79 Å². The zero-order chi connectivity index (χ0) is 30.4. The monoisotopic (exact) mass is 562 g/mol. The summed E-state index contributed by atoms with van der Waals surface area (Å²) in [6, 6.07) is 3.42. The molecule has 8 heteroatoms. The Balaban J connectivity index is 1.93. The highest BCUT2D eigenvalue weighted by molar-refractivity contribution is 6.23. The number of ketones is 3.